The molecule has 104 valence electrons. The van der Waals surface area contributed by atoms with Gasteiger partial charge in [0, 0.05) is 18.5 Å². The number of ether oxygens (including phenoxy) is 2. The number of rotatable bonds is 1. The lowest BCUT2D eigenvalue weighted by molar-refractivity contribution is -0.142. The number of esters is 1. The number of hydrogen-bond donors (Lipinski definition) is 1. The third kappa shape index (κ3) is 2.15. The van der Waals surface area contributed by atoms with E-state index in [4.69, 9.17) is 9.47 Å². The van der Waals surface area contributed by atoms with Crippen LogP contribution < -0.4 is 10.1 Å². The predicted octanol–water partition coefficient (Wildman–Crippen LogP) is 2.24. The Hall–Kier alpha value is -2.30. The summed E-state index contributed by atoms with van der Waals surface area (Å²) >= 11 is 0. The molecule has 20 heavy (non-hydrogen) atoms. The van der Waals surface area contributed by atoms with Gasteiger partial charge < -0.3 is 14.8 Å². The van der Waals surface area contributed by atoms with Gasteiger partial charge in [0.2, 0.25) is 0 Å². The normalized spacial score (nSPS) is 20.2. The largest absolute Gasteiger partial charge is 0.469 e. The lowest BCUT2D eigenvalue weighted by atomic mass is 9.93. The molecule has 1 aromatic rings. The van der Waals surface area contributed by atoms with E-state index in [1.165, 1.54) is 19.2 Å². The van der Waals surface area contributed by atoms with Crippen molar-refractivity contribution in [1.82, 2.24) is 5.32 Å². The van der Waals surface area contributed by atoms with Crippen molar-refractivity contribution >= 4 is 5.97 Å². The third-order valence-electron chi connectivity index (χ3n) is 3.46. The summed E-state index contributed by atoms with van der Waals surface area (Å²) in [5, 5.41) is 3.19. The van der Waals surface area contributed by atoms with Crippen LogP contribution >= 0.6 is 0 Å². The van der Waals surface area contributed by atoms with Crippen molar-refractivity contribution in [3.8, 4) is 5.75 Å². The van der Waals surface area contributed by atoms with Gasteiger partial charge in [-0.25, -0.2) is 4.39 Å². The van der Waals surface area contributed by atoms with Crippen molar-refractivity contribution in [2.24, 2.45) is 0 Å². The quantitative estimate of drug-likeness (QED) is 0.798. The van der Waals surface area contributed by atoms with Crippen LogP contribution in [0.15, 0.2) is 41.8 Å². The lowest BCUT2D eigenvalue weighted by Gasteiger charge is -2.17. The average Bonchev–Trinajstić information content (AvgIpc) is 2.63. The van der Waals surface area contributed by atoms with Crippen LogP contribution in [-0.2, 0) is 9.53 Å². The van der Waals surface area contributed by atoms with Gasteiger partial charge in [0.05, 0.1) is 18.7 Å². The van der Waals surface area contributed by atoms with Crippen LogP contribution in [-0.4, -0.2) is 19.6 Å². The Labute approximate surface area is 115 Å². The SMILES string of the molecule is COC(=O)C1CC2=C(C=CCN2)Oc2ccc(F)cc21. The first-order valence-corrected chi connectivity index (χ1v) is 6.37. The van der Waals surface area contributed by atoms with Gasteiger partial charge in [0.15, 0.2) is 0 Å². The molecule has 0 amide bonds. The van der Waals surface area contributed by atoms with E-state index < -0.39 is 17.7 Å². The molecular weight excluding hydrogens is 261 g/mol. The molecule has 1 aromatic carbocycles. The van der Waals surface area contributed by atoms with Gasteiger partial charge in [0.25, 0.3) is 0 Å². The number of halogens is 1. The molecule has 0 bridgehead atoms. The number of benzene rings is 1. The molecule has 0 saturated heterocycles. The Bertz CT molecular complexity index is 622. The molecule has 0 spiro atoms. The molecule has 2 aliphatic rings. The summed E-state index contributed by atoms with van der Waals surface area (Å²) in [6.07, 6.45) is 4.20. The number of hydrogen-bond acceptors (Lipinski definition) is 4. The number of dihydropyridines is 1. The molecule has 4 nitrogen and oxygen atoms in total. The van der Waals surface area contributed by atoms with E-state index in [0.717, 1.165) is 5.70 Å². The zero-order chi connectivity index (χ0) is 14.1. The van der Waals surface area contributed by atoms with Gasteiger partial charge in [-0.1, -0.05) is 6.08 Å². The lowest BCUT2D eigenvalue weighted by Crippen LogP contribution is -2.23. The zero-order valence-corrected chi connectivity index (χ0v) is 11.0. The number of fused-ring (bicyclic) bond motifs is 1. The van der Waals surface area contributed by atoms with Gasteiger partial charge in [-0.2, -0.15) is 0 Å². The summed E-state index contributed by atoms with van der Waals surface area (Å²) in [4.78, 5) is 12.0. The smallest absolute Gasteiger partial charge is 0.313 e. The van der Waals surface area contributed by atoms with Crippen LogP contribution in [0.25, 0.3) is 0 Å². The average molecular weight is 275 g/mol. The van der Waals surface area contributed by atoms with Crippen LogP contribution in [0.1, 0.15) is 17.9 Å². The Morgan fingerprint density at radius 1 is 1.50 bits per heavy atom. The maximum Gasteiger partial charge on any atom is 0.313 e. The van der Waals surface area contributed by atoms with Crippen LogP contribution in [0, 0.1) is 5.82 Å². The molecular formula is C15H14FNO3. The van der Waals surface area contributed by atoms with Crippen molar-refractivity contribution in [2.45, 2.75) is 12.3 Å². The molecule has 0 radical (unpaired) electrons. The Balaban J connectivity index is 2.10. The molecule has 5 heteroatoms. The van der Waals surface area contributed by atoms with E-state index in [0.29, 0.717) is 30.0 Å². The van der Waals surface area contributed by atoms with Gasteiger partial charge >= 0.3 is 5.97 Å². The molecule has 1 unspecified atom stereocenters. The van der Waals surface area contributed by atoms with Gasteiger partial charge in [-0.3, -0.25) is 4.79 Å². The Morgan fingerprint density at radius 3 is 3.15 bits per heavy atom. The minimum Gasteiger partial charge on any atom is -0.469 e. The fourth-order valence-electron chi connectivity index (χ4n) is 2.47. The molecule has 0 saturated carbocycles. The second kappa shape index (κ2) is 5.00. The van der Waals surface area contributed by atoms with E-state index >= 15 is 0 Å². The number of allylic oxidation sites excluding steroid dienone is 2. The summed E-state index contributed by atoms with van der Waals surface area (Å²) in [7, 11) is 1.33. The molecule has 1 atom stereocenters. The van der Waals surface area contributed by atoms with Crippen molar-refractivity contribution in [3.63, 3.8) is 0 Å². The van der Waals surface area contributed by atoms with Gasteiger partial charge in [-0.05, 0) is 24.3 Å². The molecule has 0 fully saturated rings. The van der Waals surface area contributed by atoms with Crippen molar-refractivity contribution < 1.29 is 18.7 Å². The second-order valence-electron chi connectivity index (χ2n) is 4.69. The summed E-state index contributed by atoms with van der Waals surface area (Å²) in [6, 6.07) is 4.19. The first kappa shape index (κ1) is 12.7. The summed E-state index contributed by atoms with van der Waals surface area (Å²) in [5.41, 5.74) is 1.35. The van der Waals surface area contributed by atoms with E-state index in [9.17, 15) is 9.18 Å². The molecule has 0 aromatic heterocycles. The molecule has 0 aliphatic carbocycles. The summed E-state index contributed by atoms with van der Waals surface area (Å²) < 4.78 is 24.1. The van der Waals surface area contributed by atoms with Crippen molar-refractivity contribution in [2.75, 3.05) is 13.7 Å². The highest BCUT2D eigenvalue weighted by atomic mass is 19.1. The maximum atomic E-state index is 13.5. The standard InChI is InChI=1S/C15H14FNO3/c1-19-15(18)11-8-12-14(3-2-6-17-12)20-13-5-4-9(16)7-10(11)13/h2-5,7,11,17H,6,8H2,1H3. The van der Waals surface area contributed by atoms with E-state index in [2.05, 4.69) is 5.32 Å². The number of carbonyl (C=O) groups excluding carboxylic acids is 1. The maximum absolute atomic E-state index is 13.5. The Morgan fingerprint density at radius 2 is 2.35 bits per heavy atom. The van der Waals surface area contributed by atoms with Crippen molar-refractivity contribution in [3.05, 3.63) is 53.2 Å². The summed E-state index contributed by atoms with van der Waals surface area (Å²) in [5.74, 6) is -0.219. The first-order valence-electron chi connectivity index (χ1n) is 6.37. The Kier molecular flexibility index (Phi) is 3.18. The highest BCUT2D eigenvalue weighted by Crippen LogP contribution is 2.38. The van der Waals surface area contributed by atoms with Gasteiger partial charge in [0.1, 0.15) is 17.3 Å². The molecule has 1 N–H and O–H groups in total. The molecule has 2 aliphatic heterocycles. The van der Waals surface area contributed by atoms with Crippen LogP contribution in [0.5, 0.6) is 5.75 Å². The molecule has 2 heterocycles. The van der Waals surface area contributed by atoms with E-state index in [-0.39, 0.29) is 0 Å². The topological polar surface area (TPSA) is 47.6 Å². The highest BCUT2D eigenvalue weighted by Gasteiger charge is 2.31. The fraction of sp³-hybridized carbons (Fsp3) is 0.267. The van der Waals surface area contributed by atoms with Crippen LogP contribution in [0.2, 0.25) is 0 Å². The van der Waals surface area contributed by atoms with E-state index in [1.807, 2.05) is 12.2 Å². The van der Waals surface area contributed by atoms with Crippen molar-refractivity contribution in [1.29, 1.82) is 0 Å². The third-order valence-corrected chi connectivity index (χ3v) is 3.46. The van der Waals surface area contributed by atoms with Crippen LogP contribution in [0.3, 0.4) is 0 Å². The summed E-state index contributed by atoms with van der Waals surface area (Å²) in [6.45, 7) is 0.681. The number of carbonyl (C=O) groups is 1. The first-order chi connectivity index (χ1) is 9.69. The molecule has 3 rings (SSSR count). The zero-order valence-electron chi connectivity index (χ0n) is 11.0. The minimum atomic E-state index is -0.572. The van der Waals surface area contributed by atoms with Crippen LogP contribution in [0.4, 0.5) is 4.39 Å². The van der Waals surface area contributed by atoms with E-state index in [1.54, 1.807) is 6.07 Å². The van der Waals surface area contributed by atoms with Gasteiger partial charge in [-0.15, -0.1) is 0 Å². The number of nitrogens with one attached hydrogen (secondary N) is 1. The highest BCUT2D eigenvalue weighted by molar-refractivity contribution is 5.80. The monoisotopic (exact) mass is 275 g/mol. The number of methoxy groups -OCH3 is 1. The predicted molar refractivity (Wildman–Crippen MR) is 70.6 cm³/mol. The second-order valence-corrected chi connectivity index (χ2v) is 4.69. The minimum absolute atomic E-state index is 0.398. The fourth-order valence-corrected chi connectivity index (χ4v) is 2.47.